The van der Waals surface area contributed by atoms with E-state index in [9.17, 15) is 18.0 Å². The lowest BCUT2D eigenvalue weighted by atomic mass is 9.98. The number of carbonyl (C=O) groups is 1. The van der Waals surface area contributed by atoms with E-state index in [-0.39, 0.29) is 6.54 Å². The molecule has 0 bridgehead atoms. The van der Waals surface area contributed by atoms with E-state index in [4.69, 9.17) is 5.26 Å². The SMILES string of the molecule is N#C[B][n+]1ccc(C(=O)NNCc2cccc(C(F)(F)F)c2)cc1. The van der Waals surface area contributed by atoms with Crippen LogP contribution < -0.4 is 15.3 Å². The Morgan fingerprint density at radius 3 is 2.58 bits per heavy atom. The zero-order chi connectivity index (χ0) is 17.6. The maximum absolute atomic E-state index is 12.6. The van der Waals surface area contributed by atoms with Crippen molar-refractivity contribution in [1.82, 2.24) is 10.9 Å². The molecule has 0 aliphatic rings. The first-order valence-electron chi connectivity index (χ1n) is 6.83. The largest absolute Gasteiger partial charge is 0.671 e. The number of aromatic nitrogens is 1. The molecule has 0 spiro atoms. The van der Waals surface area contributed by atoms with Crippen LogP contribution in [-0.2, 0) is 12.7 Å². The number of halogens is 3. The zero-order valence-corrected chi connectivity index (χ0v) is 12.3. The van der Waals surface area contributed by atoms with Crippen LogP contribution >= 0.6 is 0 Å². The Morgan fingerprint density at radius 1 is 1.25 bits per heavy atom. The summed E-state index contributed by atoms with van der Waals surface area (Å²) >= 11 is 0. The predicted octanol–water partition coefficient (Wildman–Crippen LogP) is 1.38. The highest BCUT2D eigenvalue weighted by atomic mass is 19.4. The number of hydrogen-bond donors (Lipinski definition) is 2. The number of pyridine rings is 1. The van der Waals surface area contributed by atoms with E-state index in [1.54, 1.807) is 0 Å². The fourth-order valence-corrected chi connectivity index (χ4v) is 1.90. The molecule has 5 nitrogen and oxygen atoms in total. The number of nitriles is 1. The van der Waals surface area contributed by atoms with Gasteiger partial charge in [0.25, 0.3) is 5.91 Å². The third-order valence-electron chi connectivity index (χ3n) is 3.07. The normalized spacial score (nSPS) is 10.8. The fourth-order valence-electron chi connectivity index (χ4n) is 1.90. The Morgan fingerprint density at radius 2 is 1.96 bits per heavy atom. The molecule has 2 rings (SSSR count). The van der Waals surface area contributed by atoms with Crippen LogP contribution in [0, 0.1) is 11.2 Å². The van der Waals surface area contributed by atoms with Gasteiger partial charge in [-0.1, -0.05) is 18.2 Å². The second-order valence-corrected chi connectivity index (χ2v) is 4.80. The summed E-state index contributed by atoms with van der Waals surface area (Å²) in [4.78, 5) is 11.9. The molecular formula is C15H12BF3N4O+. The zero-order valence-electron chi connectivity index (χ0n) is 12.3. The molecule has 0 aliphatic carbocycles. The number of hydrogen-bond acceptors (Lipinski definition) is 3. The second-order valence-electron chi connectivity index (χ2n) is 4.80. The number of amides is 1. The molecule has 24 heavy (non-hydrogen) atoms. The highest BCUT2D eigenvalue weighted by molar-refractivity contribution is 6.35. The van der Waals surface area contributed by atoms with Crippen LogP contribution in [0.2, 0.25) is 0 Å². The van der Waals surface area contributed by atoms with Crippen LogP contribution in [0.15, 0.2) is 48.8 Å². The fraction of sp³-hybridized carbons (Fsp3) is 0.133. The van der Waals surface area contributed by atoms with Crippen molar-refractivity contribution in [3.8, 4) is 5.97 Å². The molecule has 2 aromatic rings. The van der Waals surface area contributed by atoms with Gasteiger partial charge >= 0.3 is 13.6 Å². The summed E-state index contributed by atoms with van der Waals surface area (Å²) in [5, 5.41) is 8.51. The van der Waals surface area contributed by atoms with Crippen LogP contribution in [0.4, 0.5) is 13.2 Å². The van der Waals surface area contributed by atoms with Gasteiger partial charge in [-0.25, -0.2) is 10.7 Å². The van der Waals surface area contributed by atoms with Crippen molar-refractivity contribution >= 4 is 13.3 Å². The van der Waals surface area contributed by atoms with E-state index in [0.29, 0.717) is 11.1 Å². The summed E-state index contributed by atoms with van der Waals surface area (Å²) in [6.07, 6.45) is -1.34. The molecule has 121 valence electrons. The van der Waals surface area contributed by atoms with Crippen LogP contribution in [-0.4, -0.2) is 13.3 Å². The Hall–Kier alpha value is -2.86. The highest BCUT2D eigenvalue weighted by Gasteiger charge is 2.30. The molecule has 0 saturated carbocycles. The monoisotopic (exact) mass is 332 g/mol. The molecule has 1 amide bonds. The summed E-state index contributed by atoms with van der Waals surface area (Å²) < 4.78 is 39.3. The van der Waals surface area contributed by atoms with Gasteiger partial charge in [-0.05, 0) is 11.6 Å². The molecule has 1 aromatic carbocycles. The molecule has 9 heteroatoms. The number of alkyl halides is 3. The molecule has 1 heterocycles. The first-order chi connectivity index (χ1) is 11.4. The Balaban J connectivity index is 1.90. The molecule has 1 aromatic heterocycles. The van der Waals surface area contributed by atoms with E-state index < -0.39 is 17.6 Å². The van der Waals surface area contributed by atoms with Crippen LogP contribution in [0.25, 0.3) is 0 Å². The standard InChI is InChI=1S/C15H12BF3N4O/c17-15(18,19)13-3-1-2-11(8-13)9-21-22-14(24)12-4-6-23(7-5-12)16-10-20/h1-8,21H,9H2,(H,22,24)/q+1. The van der Waals surface area contributed by atoms with Crippen molar-refractivity contribution in [3.63, 3.8) is 0 Å². The highest BCUT2D eigenvalue weighted by Crippen LogP contribution is 2.29. The number of rotatable bonds is 5. The summed E-state index contributed by atoms with van der Waals surface area (Å²) in [6.45, 7) is 0.0463. The van der Waals surface area contributed by atoms with Gasteiger partial charge in [-0.15, -0.1) is 0 Å². The molecule has 0 atom stereocenters. The lowest BCUT2D eigenvalue weighted by Gasteiger charge is -2.10. The van der Waals surface area contributed by atoms with Crippen molar-refractivity contribution < 1.29 is 22.4 Å². The van der Waals surface area contributed by atoms with Gasteiger partial charge < -0.3 is 0 Å². The quantitative estimate of drug-likeness (QED) is 0.642. The Bertz CT molecular complexity index is 757. The van der Waals surface area contributed by atoms with Gasteiger partial charge in [0.15, 0.2) is 0 Å². The summed E-state index contributed by atoms with van der Waals surface area (Å²) in [7, 11) is 1.26. The summed E-state index contributed by atoms with van der Waals surface area (Å²) in [6, 6.07) is 7.85. The van der Waals surface area contributed by atoms with Crippen LogP contribution in [0.1, 0.15) is 21.5 Å². The van der Waals surface area contributed by atoms with Gasteiger partial charge in [0.1, 0.15) is 18.4 Å². The second kappa shape index (κ2) is 7.61. The smallest absolute Gasteiger partial charge is 0.287 e. The number of nitrogens with one attached hydrogen (secondary N) is 2. The first-order valence-corrected chi connectivity index (χ1v) is 6.83. The lowest BCUT2D eigenvalue weighted by Crippen LogP contribution is -2.40. The van der Waals surface area contributed by atoms with E-state index in [2.05, 4.69) is 10.9 Å². The minimum absolute atomic E-state index is 0.0463. The Kier molecular flexibility index (Phi) is 5.55. The summed E-state index contributed by atoms with van der Waals surface area (Å²) in [5.74, 6) is 1.41. The number of hydrazine groups is 1. The van der Waals surface area contributed by atoms with Crippen molar-refractivity contribution in [1.29, 1.82) is 5.26 Å². The van der Waals surface area contributed by atoms with E-state index in [0.717, 1.165) is 12.1 Å². The van der Waals surface area contributed by atoms with Crippen LogP contribution in [0.3, 0.4) is 0 Å². The van der Waals surface area contributed by atoms with Crippen molar-refractivity contribution in [2.75, 3.05) is 0 Å². The van der Waals surface area contributed by atoms with Gasteiger partial charge in [-0.3, -0.25) is 14.7 Å². The molecule has 2 N–H and O–H groups in total. The molecule has 0 aliphatic heterocycles. The minimum atomic E-state index is -4.40. The topological polar surface area (TPSA) is 68.8 Å². The summed E-state index contributed by atoms with van der Waals surface area (Å²) in [5.41, 5.74) is 4.98. The average molecular weight is 332 g/mol. The van der Waals surface area contributed by atoms with Gasteiger partial charge in [0.05, 0.1) is 11.1 Å². The van der Waals surface area contributed by atoms with Gasteiger partial charge in [0.2, 0.25) is 0 Å². The maximum Gasteiger partial charge on any atom is 0.671 e. The van der Waals surface area contributed by atoms with Crippen molar-refractivity contribution in [2.45, 2.75) is 12.7 Å². The van der Waals surface area contributed by atoms with E-state index in [1.165, 1.54) is 48.6 Å². The molecule has 0 unspecified atom stereocenters. The first kappa shape index (κ1) is 17.5. The van der Waals surface area contributed by atoms with Crippen molar-refractivity contribution in [3.05, 3.63) is 65.5 Å². The third kappa shape index (κ3) is 4.82. The number of benzene rings is 1. The van der Waals surface area contributed by atoms with E-state index >= 15 is 0 Å². The predicted molar refractivity (Wildman–Crippen MR) is 79.2 cm³/mol. The van der Waals surface area contributed by atoms with Crippen LogP contribution in [0.5, 0.6) is 0 Å². The van der Waals surface area contributed by atoms with Crippen molar-refractivity contribution in [2.24, 2.45) is 0 Å². The van der Waals surface area contributed by atoms with Gasteiger partial charge in [-0.2, -0.15) is 13.2 Å². The number of nitrogens with zero attached hydrogens (tertiary/aromatic N) is 2. The molecule has 0 fully saturated rings. The molecular weight excluding hydrogens is 320 g/mol. The maximum atomic E-state index is 12.6. The van der Waals surface area contributed by atoms with E-state index in [1.807, 2.05) is 5.97 Å². The third-order valence-corrected chi connectivity index (χ3v) is 3.07. The van der Waals surface area contributed by atoms with Gasteiger partial charge in [0, 0.05) is 18.7 Å². The molecule has 0 saturated heterocycles. The Labute approximate surface area is 137 Å². The lowest BCUT2D eigenvalue weighted by molar-refractivity contribution is -0.527. The number of carbonyl (C=O) groups excluding carboxylic acids is 1. The minimum Gasteiger partial charge on any atom is -0.287 e. The molecule has 1 radical (unpaired) electrons. The average Bonchev–Trinajstić information content (AvgIpc) is 2.55.